The Morgan fingerprint density at radius 3 is 2.55 bits per heavy atom. The summed E-state index contributed by atoms with van der Waals surface area (Å²) in [6.07, 6.45) is 0. The van der Waals surface area contributed by atoms with E-state index in [1.807, 2.05) is 4.89 Å². The minimum absolute atomic E-state index is 0.0330. The maximum atomic E-state index is 12.0. The lowest BCUT2D eigenvalue weighted by atomic mass is 10.2. The van der Waals surface area contributed by atoms with Crippen LogP contribution in [0.1, 0.15) is 10.4 Å². The highest BCUT2D eigenvalue weighted by atomic mass is 32.2. The molecule has 9 heteroatoms. The molecule has 0 aliphatic rings. The number of carboxylic acid groups (broad SMARTS) is 1. The van der Waals surface area contributed by atoms with E-state index in [0.717, 1.165) is 18.2 Å². The third kappa shape index (κ3) is 4.17. The summed E-state index contributed by atoms with van der Waals surface area (Å²) in [4.78, 5) is 17.2. The fourth-order valence-electron chi connectivity index (χ4n) is 1.31. The minimum atomic E-state index is -3.97. The van der Waals surface area contributed by atoms with Gasteiger partial charge in [-0.15, -0.1) is 0 Å². The van der Waals surface area contributed by atoms with Gasteiger partial charge in [0, 0.05) is 7.11 Å². The van der Waals surface area contributed by atoms with Crippen molar-refractivity contribution in [3.8, 4) is 5.75 Å². The number of carboxylic acids is 1. The topological polar surface area (TPSA) is 111 Å². The van der Waals surface area contributed by atoms with E-state index >= 15 is 0 Å². The number of benzene rings is 1. The maximum Gasteiger partial charge on any atom is 0.335 e. The van der Waals surface area contributed by atoms with Gasteiger partial charge in [0.05, 0.1) is 25.9 Å². The molecule has 0 saturated carbocycles. The summed E-state index contributed by atoms with van der Waals surface area (Å²) in [5.41, 5.74) is -0.0823. The number of rotatable bonds is 8. The highest BCUT2D eigenvalue weighted by Gasteiger charge is 2.21. The Morgan fingerprint density at radius 1 is 1.30 bits per heavy atom. The third-order valence-electron chi connectivity index (χ3n) is 2.26. The number of hydrogen-bond acceptors (Lipinski definition) is 6. The second-order valence-electron chi connectivity index (χ2n) is 3.60. The summed E-state index contributed by atoms with van der Waals surface area (Å²) in [5.74, 6) is -1.27. The first-order valence-corrected chi connectivity index (χ1v) is 6.94. The Labute approximate surface area is 116 Å². The SMILES string of the molecule is COCCONS(=O)(=O)c1ccc(C(=O)O)cc1OC. The van der Waals surface area contributed by atoms with Gasteiger partial charge in [-0.05, 0) is 18.2 Å². The fourth-order valence-corrected chi connectivity index (χ4v) is 2.29. The lowest BCUT2D eigenvalue weighted by Crippen LogP contribution is -2.26. The van der Waals surface area contributed by atoms with Crippen molar-refractivity contribution in [2.75, 3.05) is 27.4 Å². The second kappa shape index (κ2) is 7.20. The second-order valence-corrected chi connectivity index (χ2v) is 5.21. The molecular formula is C11H15NO7S. The number of ether oxygens (including phenoxy) is 2. The number of nitrogens with one attached hydrogen (secondary N) is 1. The Hall–Kier alpha value is -1.68. The molecule has 0 aromatic heterocycles. The summed E-state index contributed by atoms with van der Waals surface area (Å²) >= 11 is 0. The van der Waals surface area contributed by atoms with Gasteiger partial charge in [0.2, 0.25) is 0 Å². The molecule has 0 unspecified atom stereocenters. The monoisotopic (exact) mass is 305 g/mol. The number of aromatic carboxylic acids is 1. The van der Waals surface area contributed by atoms with Crippen LogP contribution in [0.5, 0.6) is 5.75 Å². The van der Waals surface area contributed by atoms with E-state index in [2.05, 4.69) is 0 Å². The van der Waals surface area contributed by atoms with Crippen LogP contribution in [-0.2, 0) is 19.6 Å². The molecule has 0 radical (unpaired) electrons. The van der Waals surface area contributed by atoms with Crippen LogP contribution >= 0.6 is 0 Å². The molecule has 0 aliphatic heterocycles. The van der Waals surface area contributed by atoms with Crippen LogP contribution in [-0.4, -0.2) is 46.9 Å². The largest absolute Gasteiger partial charge is 0.495 e. The predicted molar refractivity (Wildman–Crippen MR) is 68.1 cm³/mol. The van der Waals surface area contributed by atoms with E-state index in [9.17, 15) is 13.2 Å². The average Bonchev–Trinajstić information content (AvgIpc) is 2.42. The predicted octanol–water partition coefficient (Wildman–Crippen LogP) is 0.250. The van der Waals surface area contributed by atoms with Crippen molar-refractivity contribution in [3.05, 3.63) is 23.8 Å². The summed E-state index contributed by atoms with van der Waals surface area (Å²) in [6.45, 7) is 0.253. The van der Waals surface area contributed by atoms with Gasteiger partial charge in [-0.2, -0.15) is 0 Å². The van der Waals surface area contributed by atoms with Crippen LogP contribution in [0.2, 0.25) is 0 Å². The van der Waals surface area contributed by atoms with Crippen LogP contribution in [0.15, 0.2) is 23.1 Å². The summed E-state index contributed by atoms with van der Waals surface area (Å²) in [5, 5.41) is 8.84. The van der Waals surface area contributed by atoms with Gasteiger partial charge >= 0.3 is 5.97 Å². The summed E-state index contributed by atoms with van der Waals surface area (Å²) < 4.78 is 33.5. The maximum absolute atomic E-state index is 12.0. The van der Waals surface area contributed by atoms with Crippen LogP contribution in [0, 0.1) is 0 Å². The molecule has 0 fully saturated rings. The summed E-state index contributed by atoms with van der Waals surface area (Å²) in [7, 11) is -1.28. The molecule has 20 heavy (non-hydrogen) atoms. The zero-order valence-electron chi connectivity index (χ0n) is 11.0. The van der Waals surface area contributed by atoms with Crippen molar-refractivity contribution in [2.24, 2.45) is 0 Å². The first-order chi connectivity index (χ1) is 9.42. The van der Waals surface area contributed by atoms with Crippen molar-refractivity contribution in [2.45, 2.75) is 4.90 Å². The zero-order valence-corrected chi connectivity index (χ0v) is 11.8. The molecule has 8 nitrogen and oxygen atoms in total. The van der Waals surface area contributed by atoms with Gasteiger partial charge in [-0.3, -0.25) is 4.84 Å². The van der Waals surface area contributed by atoms with Crippen molar-refractivity contribution >= 4 is 16.0 Å². The van der Waals surface area contributed by atoms with Gasteiger partial charge in [0.1, 0.15) is 10.6 Å². The molecule has 0 spiro atoms. The van der Waals surface area contributed by atoms with Crippen LogP contribution < -0.4 is 9.62 Å². The smallest absolute Gasteiger partial charge is 0.335 e. The zero-order chi connectivity index (χ0) is 15.2. The molecule has 0 aliphatic carbocycles. The van der Waals surface area contributed by atoms with Crippen LogP contribution in [0.4, 0.5) is 0 Å². The molecule has 0 saturated heterocycles. The Morgan fingerprint density at radius 2 is 2.00 bits per heavy atom. The van der Waals surface area contributed by atoms with Gasteiger partial charge in [0.15, 0.2) is 0 Å². The van der Waals surface area contributed by atoms with Crippen molar-refractivity contribution in [3.63, 3.8) is 0 Å². The molecule has 0 bridgehead atoms. The highest BCUT2D eigenvalue weighted by molar-refractivity contribution is 7.89. The van der Waals surface area contributed by atoms with E-state index in [1.165, 1.54) is 14.2 Å². The third-order valence-corrected chi connectivity index (χ3v) is 3.51. The van der Waals surface area contributed by atoms with E-state index in [-0.39, 0.29) is 29.4 Å². The van der Waals surface area contributed by atoms with Gasteiger partial charge in [-0.25, -0.2) is 13.2 Å². The summed E-state index contributed by atoms with van der Waals surface area (Å²) in [6, 6.07) is 3.41. The minimum Gasteiger partial charge on any atom is -0.495 e. The first-order valence-electron chi connectivity index (χ1n) is 5.46. The number of sulfonamides is 1. The van der Waals surface area contributed by atoms with Crippen LogP contribution in [0.3, 0.4) is 0 Å². The van der Waals surface area contributed by atoms with E-state index in [1.54, 1.807) is 0 Å². The molecule has 112 valence electrons. The standard InChI is InChI=1S/C11H15NO7S/c1-17-5-6-19-12-20(15,16)10-4-3-8(11(13)14)7-9(10)18-2/h3-4,7,12H,5-6H2,1-2H3,(H,13,14). The van der Waals surface area contributed by atoms with Crippen molar-refractivity contribution in [1.29, 1.82) is 0 Å². The molecule has 0 heterocycles. The van der Waals surface area contributed by atoms with Crippen molar-refractivity contribution in [1.82, 2.24) is 4.89 Å². The number of hydrogen-bond donors (Lipinski definition) is 2. The lowest BCUT2D eigenvalue weighted by Gasteiger charge is -2.11. The molecule has 0 amide bonds. The first kappa shape index (κ1) is 16.4. The molecule has 1 rings (SSSR count). The van der Waals surface area contributed by atoms with Gasteiger partial charge < -0.3 is 14.6 Å². The lowest BCUT2D eigenvalue weighted by molar-refractivity contribution is 0.0438. The average molecular weight is 305 g/mol. The molecule has 2 N–H and O–H groups in total. The Balaban J connectivity index is 2.96. The highest BCUT2D eigenvalue weighted by Crippen LogP contribution is 2.24. The van der Waals surface area contributed by atoms with Crippen molar-refractivity contribution < 1.29 is 32.6 Å². The Kier molecular flexibility index (Phi) is 5.89. The molecular weight excluding hydrogens is 290 g/mol. The van der Waals surface area contributed by atoms with Crippen LogP contribution in [0.25, 0.3) is 0 Å². The molecule has 1 aromatic carbocycles. The number of carbonyl (C=O) groups is 1. The van der Waals surface area contributed by atoms with Gasteiger partial charge in [-0.1, -0.05) is 4.89 Å². The number of methoxy groups -OCH3 is 2. The van der Waals surface area contributed by atoms with E-state index < -0.39 is 16.0 Å². The Bertz CT molecular complexity index is 570. The van der Waals surface area contributed by atoms with E-state index in [0.29, 0.717) is 0 Å². The fraction of sp³-hybridized carbons (Fsp3) is 0.364. The van der Waals surface area contributed by atoms with Gasteiger partial charge in [0.25, 0.3) is 10.0 Å². The van der Waals surface area contributed by atoms with E-state index in [4.69, 9.17) is 19.4 Å². The normalized spacial score (nSPS) is 11.3. The molecule has 1 aromatic rings. The quantitative estimate of drug-likeness (QED) is 0.523. The molecule has 0 atom stereocenters.